The van der Waals surface area contributed by atoms with E-state index in [1.807, 2.05) is 11.9 Å². The van der Waals surface area contributed by atoms with Crippen molar-refractivity contribution in [3.05, 3.63) is 0 Å². The van der Waals surface area contributed by atoms with E-state index in [1.165, 1.54) is 25.7 Å². The first-order chi connectivity index (χ1) is 8.75. The minimum absolute atomic E-state index is 0.160. The Labute approximate surface area is 110 Å². The van der Waals surface area contributed by atoms with E-state index in [4.69, 9.17) is 4.74 Å². The molecule has 0 aromatic carbocycles. The number of amides is 1. The van der Waals surface area contributed by atoms with Gasteiger partial charge < -0.3 is 15.0 Å². The second-order valence-electron chi connectivity index (χ2n) is 5.61. The van der Waals surface area contributed by atoms with Crippen LogP contribution in [0.25, 0.3) is 0 Å². The molecule has 0 spiro atoms. The lowest BCUT2D eigenvalue weighted by Gasteiger charge is -2.29. The van der Waals surface area contributed by atoms with Crippen molar-refractivity contribution in [1.29, 1.82) is 0 Å². The monoisotopic (exact) mass is 254 g/mol. The van der Waals surface area contributed by atoms with Gasteiger partial charge in [-0.1, -0.05) is 6.42 Å². The molecule has 2 aliphatic rings. The van der Waals surface area contributed by atoms with Crippen LogP contribution < -0.4 is 5.32 Å². The van der Waals surface area contributed by atoms with Gasteiger partial charge in [0.2, 0.25) is 5.91 Å². The van der Waals surface area contributed by atoms with Crippen molar-refractivity contribution in [2.75, 3.05) is 26.7 Å². The smallest absolute Gasteiger partial charge is 0.224 e. The van der Waals surface area contributed by atoms with E-state index < -0.39 is 0 Å². The molecule has 1 amide bonds. The molecule has 0 aromatic rings. The predicted octanol–water partition coefficient (Wildman–Crippen LogP) is 1.55. The van der Waals surface area contributed by atoms with Crippen LogP contribution in [0.15, 0.2) is 0 Å². The zero-order chi connectivity index (χ0) is 12.8. The van der Waals surface area contributed by atoms with Crippen molar-refractivity contribution in [3.8, 4) is 0 Å². The lowest BCUT2D eigenvalue weighted by atomic mass is 10.0. The Morgan fingerprint density at radius 2 is 2.11 bits per heavy atom. The van der Waals surface area contributed by atoms with Crippen LogP contribution in [0.3, 0.4) is 0 Å². The Kier molecular flexibility index (Phi) is 5.45. The Hall–Kier alpha value is -0.610. The highest BCUT2D eigenvalue weighted by atomic mass is 16.5. The molecule has 2 heterocycles. The standard InChI is InChI=1S/C14H26N2O2/c1-16(11-12-6-2-4-8-15-12)14(17)10-13-7-3-5-9-18-13/h12-13,15H,2-11H2,1H3. The molecule has 4 heteroatoms. The summed E-state index contributed by atoms with van der Waals surface area (Å²) >= 11 is 0. The summed E-state index contributed by atoms with van der Waals surface area (Å²) in [4.78, 5) is 14.0. The van der Waals surface area contributed by atoms with Crippen molar-refractivity contribution >= 4 is 5.91 Å². The third kappa shape index (κ3) is 4.25. The van der Waals surface area contributed by atoms with Crippen molar-refractivity contribution < 1.29 is 9.53 Å². The second-order valence-corrected chi connectivity index (χ2v) is 5.61. The maximum atomic E-state index is 12.1. The normalized spacial score (nSPS) is 28.9. The van der Waals surface area contributed by atoms with Gasteiger partial charge in [-0.25, -0.2) is 0 Å². The minimum Gasteiger partial charge on any atom is -0.378 e. The van der Waals surface area contributed by atoms with Gasteiger partial charge >= 0.3 is 0 Å². The molecule has 18 heavy (non-hydrogen) atoms. The maximum Gasteiger partial charge on any atom is 0.224 e. The summed E-state index contributed by atoms with van der Waals surface area (Å²) in [5, 5.41) is 3.48. The van der Waals surface area contributed by atoms with E-state index in [-0.39, 0.29) is 12.0 Å². The Balaban J connectivity index is 1.69. The fraction of sp³-hybridized carbons (Fsp3) is 0.929. The highest BCUT2D eigenvalue weighted by molar-refractivity contribution is 5.76. The van der Waals surface area contributed by atoms with Gasteiger partial charge in [0.15, 0.2) is 0 Å². The molecule has 2 rings (SSSR count). The number of carbonyl (C=O) groups is 1. The molecule has 2 atom stereocenters. The first kappa shape index (κ1) is 13.8. The lowest BCUT2D eigenvalue weighted by molar-refractivity contribution is -0.134. The molecule has 0 aromatic heterocycles. The van der Waals surface area contributed by atoms with Gasteiger partial charge in [-0.2, -0.15) is 0 Å². The van der Waals surface area contributed by atoms with E-state index in [2.05, 4.69) is 5.32 Å². The maximum absolute atomic E-state index is 12.1. The second kappa shape index (κ2) is 7.10. The third-order valence-corrected chi connectivity index (χ3v) is 4.01. The molecule has 2 fully saturated rings. The minimum atomic E-state index is 0.160. The Morgan fingerprint density at radius 1 is 1.28 bits per heavy atom. The van der Waals surface area contributed by atoms with Gasteiger partial charge in [0.05, 0.1) is 12.5 Å². The SMILES string of the molecule is CN(CC1CCCCN1)C(=O)CC1CCCCO1. The molecule has 2 unspecified atom stereocenters. The fourth-order valence-electron chi connectivity index (χ4n) is 2.83. The number of hydrogen-bond donors (Lipinski definition) is 1. The third-order valence-electron chi connectivity index (χ3n) is 4.01. The van der Waals surface area contributed by atoms with E-state index in [1.54, 1.807) is 0 Å². The number of likely N-dealkylation sites (N-methyl/N-ethyl adjacent to an activating group) is 1. The van der Waals surface area contributed by atoms with Gasteiger partial charge in [-0.05, 0) is 38.6 Å². The predicted molar refractivity (Wildman–Crippen MR) is 71.5 cm³/mol. The van der Waals surface area contributed by atoms with Crippen molar-refractivity contribution in [2.24, 2.45) is 0 Å². The zero-order valence-electron chi connectivity index (χ0n) is 11.5. The molecule has 0 bridgehead atoms. The van der Waals surface area contributed by atoms with Crippen LogP contribution in [0.5, 0.6) is 0 Å². The molecule has 0 radical (unpaired) electrons. The summed E-state index contributed by atoms with van der Waals surface area (Å²) in [5.41, 5.74) is 0. The molecular weight excluding hydrogens is 228 g/mol. The Bertz CT molecular complexity index is 259. The van der Waals surface area contributed by atoms with Gasteiger partial charge in [0, 0.05) is 26.2 Å². The lowest BCUT2D eigenvalue weighted by Crippen LogP contribution is -2.45. The quantitative estimate of drug-likeness (QED) is 0.827. The first-order valence-electron chi connectivity index (χ1n) is 7.34. The number of rotatable bonds is 4. The van der Waals surface area contributed by atoms with Crippen LogP contribution in [0.2, 0.25) is 0 Å². The topological polar surface area (TPSA) is 41.6 Å². The molecule has 4 nitrogen and oxygen atoms in total. The summed E-state index contributed by atoms with van der Waals surface area (Å²) in [7, 11) is 1.92. The van der Waals surface area contributed by atoms with Crippen LogP contribution >= 0.6 is 0 Å². The highest BCUT2D eigenvalue weighted by Gasteiger charge is 2.22. The first-order valence-corrected chi connectivity index (χ1v) is 7.34. The van der Waals surface area contributed by atoms with Crippen molar-refractivity contribution in [2.45, 2.75) is 57.1 Å². The van der Waals surface area contributed by atoms with E-state index in [9.17, 15) is 4.79 Å². The van der Waals surface area contributed by atoms with Crippen LogP contribution in [0.1, 0.15) is 44.9 Å². The van der Waals surface area contributed by atoms with Gasteiger partial charge in [0.25, 0.3) is 0 Å². The number of hydrogen-bond acceptors (Lipinski definition) is 3. The molecule has 2 saturated heterocycles. The summed E-state index contributed by atoms with van der Waals surface area (Å²) in [6.07, 6.45) is 7.85. The average molecular weight is 254 g/mol. The number of carbonyl (C=O) groups excluding carboxylic acids is 1. The number of ether oxygens (including phenoxy) is 1. The van der Waals surface area contributed by atoms with E-state index >= 15 is 0 Å². The van der Waals surface area contributed by atoms with Crippen LogP contribution in [-0.4, -0.2) is 49.7 Å². The number of nitrogens with one attached hydrogen (secondary N) is 1. The van der Waals surface area contributed by atoms with Crippen molar-refractivity contribution in [1.82, 2.24) is 10.2 Å². The molecular formula is C14H26N2O2. The van der Waals surface area contributed by atoms with Gasteiger partial charge in [-0.15, -0.1) is 0 Å². The van der Waals surface area contributed by atoms with Crippen molar-refractivity contribution in [3.63, 3.8) is 0 Å². The van der Waals surface area contributed by atoms with Crippen LogP contribution in [-0.2, 0) is 9.53 Å². The summed E-state index contributed by atoms with van der Waals surface area (Å²) in [6, 6.07) is 0.486. The fourth-order valence-corrected chi connectivity index (χ4v) is 2.83. The van der Waals surface area contributed by atoms with Crippen LogP contribution in [0, 0.1) is 0 Å². The number of nitrogens with zero attached hydrogens (tertiary/aromatic N) is 1. The summed E-state index contributed by atoms with van der Waals surface area (Å²) < 4.78 is 5.63. The molecule has 0 aliphatic carbocycles. The van der Waals surface area contributed by atoms with Crippen LogP contribution in [0.4, 0.5) is 0 Å². The number of piperidine rings is 1. The molecule has 1 N–H and O–H groups in total. The zero-order valence-corrected chi connectivity index (χ0v) is 11.5. The highest BCUT2D eigenvalue weighted by Crippen LogP contribution is 2.16. The van der Waals surface area contributed by atoms with Gasteiger partial charge in [-0.3, -0.25) is 4.79 Å². The molecule has 104 valence electrons. The molecule has 0 saturated carbocycles. The van der Waals surface area contributed by atoms with E-state index in [0.717, 1.165) is 32.5 Å². The Morgan fingerprint density at radius 3 is 2.78 bits per heavy atom. The summed E-state index contributed by atoms with van der Waals surface area (Å²) in [5.74, 6) is 0.231. The largest absolute Gasteiger partial charge is 0.378 e. The average Bonchev–Trinajstić information content (AvgIpc) is 2.41. The van der Waals surface area contributed by atoms with Gasteiger partial charge in [0.1, 0.15) is 0 Å². The summed E-state index contributed by atoms with van der Waals surface area (Å²) in [6.45, 7) is 2.76. The molecule has 2 aliphatic heterocycles. The van der Waals surface area contributed by atoms with E-state index in [0.29, 0.717) is 12.5 Å².